The molecule has 42 heavy (non-hydrogen) atoms. The molecule has 3 aromatic rings. The van der Waals surface area contributed by atoms with Gasteiger partial charge in [-0.05, 0) is 73.6 Å². The Kier molecular flexibility index (Phi) is 12.6. The van der Waals surface area contributed by atoms with Gasteiger partial charge >= 0.3 is 0 Å². The lowest BCUT2D eigenvalue weighted by atomic mass is 9.99. The van der Waals surface area contributed by atoms with Gasteiger partial charge in [0.1, 0.15) is 17.3 Å². The van der Waals surface area contributed by atoms with E-state index in [9.17, 15) is 18.4 Å². The Hall–Kier alpha value is -3.69. The SMILES string of the molecule is CCCN(CCC)C(=O)c1cc(C(=O)N[C@@H](Cc2cc(F)cc(F)c2)C(N)COCc2cccc(CC)c2)cc(C)n1. The highest BCUT2D eigenvalue weighted by atomic mass is 19.1. The molecule has 0 saturated carbocycles. The molecule has 1 aromatic heterocycles. The van der Waals surface area contributed by atoms with Crippen LogP contribution >= 0.6 is 0 Å². The number of hydrogen-bond donors (Lipinski definition) is 2. The molecule has 0 aliphatic rings. The predicted molar refractivity (Wildman–Crippen MR) is 160 cm³/mol. The number of carbonyl (C=O) groups is 2. The number of nitrogens with zero attached hydrogens (tertiary/aromatic N) is 2. The van der Waals surface area contributed by atoms with Crippen LogP contribution in [0.25, 0.3) is 0 Å². The van der Waals surface area contributed by atoms with Crippen LogP contribution in [0.15, 0.2) is 54.6 Å². The molecule has 0 saturated heterocycles. The summed E-state index contributed by atoms with van der Waals surface area (Å²) in [5.74, 6) is -2.14. The second-order valence-corrected chi connectivity index (χ2v) is 10.6. The molecule has 9 heteroatoms. The third-order valence-corrected chi connectivity index (χ3v) is 6.90. The van der Waals surface area contributed by atoms with Crippen LogP contribution in [0.3, 0.4) is 0 Å². The third kappa shape index (κ3) is 9.70. The maximum Gasteiger partial charge on any atom is 0.272 e. The zero-order valence-corrected chi connectivity index (χ0v) is 25.0. The standard InChI is InChI=1S/C33H42F2N4O3/c1-5-11-39(12-6-2)33(41)31-18-26(13-22(4)37-31)32(40)38-30(17-25-15-27(34)19-28(35)16-25)29(36)21-42-20-24-10-8-9-23(7-3)14-24/h8-10,13-16,18-19,29-30H,5-7,11-12,17,20-21,36H2,1-4H3,(H,38,40)/t29?,30-/m0/s1. The van der Waals surface area contributed by atoms with Crippen molar-refractivity contribution in [3.05, 3.63) is 99.9 Å². The van der Waals surface area contributed by atoms with Gasteiger partial charge in [0.25, 0.3) is 11.8 Å². The molecule has 0 aliphatic carbocycles. The second-order valence-electron chi connectivity index (χ2n) is 10.6. The van der Waals surface area contributed by atoms with E-state index in [-0.39, 0.29) is 30.2 Å². The normalized spacial score (nSPS) is 12.5. The number of benzene rings is 2. The lowest BCUT2D eigenvalue weighted by Crippen LogP contribution is -2.51. The molecule has 0 fully saturated rings. The van der Waals surface area contributed by atoms with Gasteiger partial charge in [0.2, 0.25) is 0 Å². The molecular weight excluding hydrogens is 538 g/mol. The van der Waals surface area contributed by atoms with Crippen molar-refractivity contribution >= 4 is 11.8 Å². The summed E-state index contributed by atoms with van der Waals surface area (Å²) < 4.78 is 33.8. The number of nitrogens with one attached hydrogen (secondary N) is 1. The summed E-state index contributed by atoms with van der Waals surface area (Å²) >= 11 is 0. The van der Waals surface area contributed by atoms with Gasteiger partial charge in [-0.15, -0.1) is 0 Å². The van der Waals surface area contributed by atoms with Gasteiger partial charge in [0.15, 0.2) is 0 Å². The maximum atomic E-state index is 14.0. The summed E-state index contributed by atoms with van der Waals surface area (Å²) in [6, 6.07) is 12.9. The van der Waals surface area contributed by atoms with E-state index >= 15 is 0 Å². The van der Waals surface area contributed by atoms with Crippen LogP contribution in [0, 0.1) is 18.6 Å². The molecule has 1 heterocycles. The monoisotopic (exact) mass is 580 g/mol. The Balaban J connectivity index is 1.80. The molecule has 2 amide bonds. The number of pyridine rings is 1. The lowest BCUT2D eigenvalue weighted by molar-refractivity contribution is 0.0749. The number of nitrogens with two attached hydrogens (primary N) is 1. The maximum absolute atomic E-state index is 14.0. The summed E-state index contributed by atoms with van der Waals surface area (Å²) in [7, 11) is 0. The highest BCUT2D eigenvalue weighted by Crippen LogP contribution is 2.15. The van der Waals surface area contributed by atoms with E-state index in [0.717, 1.165) is 30.9 Å². The molecule has 2 aromatic carbocycles. The predicted octanol–water partition coefficient (Wildman–Crippen LogP) is 5.38. The second kappa shape index (κ2) is 16.1. The van der Waals surface area contributed by atoms with E-state index < -0.39 is 29.6 Å². The topological polar surface area (TPSA) is 97.6 Å². The minimum atomic E-state index is -0.718. The lowest BCUT2D eigenvalue weighted by Gasteiger charge is -2.26. The van der Waals surface area contributed by atoms with Crippen molar-refractivity contribution in [2.75, 3.05) is 19.7 Å². The van der Waals surface area contributed by atoms with Gasteiger partial charge in [-0.1, -0.05) is 45.0 Å². The van der Waals surface area contributed by atoms with Gasteiger partial charge in [0, 0.05) is 36.5 Å². The fourth-order valence-electron chi connectivity index (χ4n) is 4.84. The first kappa shape index (κ1) is 32.8. The van der Waals surface area contributed by atoms with E-state index in [4.69, 9.17) is 10.5 Å². The molecule has 3 N–H and O–H groups in total. The van der Waals surface area contributed by atoms with Gasteiger partial charge in [-0.25, -0.2) is 13.8 Å². The fourth-order valence-corrected chi connectivity index (χ4v) is 4.84. The Morgan fingerprint density at radius 3 is 2.26 bits per heavy atom. The number of aryl methyl sites for hydroxylation is 2. The number of amides is 2. The fraction of sp³-hybridized carbons (Fsp3) is 0.424. The summed E-state index contributed by atoms with van der Waals surface area (Å²) in [5, 5.41) is 2.92. The summed E-state index contributed by atoms with van der Waals surface area (Å²) in [6.45, 7) is 9.41. The molecule has 7 nitrogen and oxygen atoms in total. The van der Waals surface area contributed by atoms with Crippen molar-refractivity contribution in [3.8, 4) is 0 Å². The number of rotatable bonds is 15. The van der Waals surface area contributed by atoms with Crippen molar-refractivity contribution in [2.45, 2.75) is 72.1 Å². The smallest absolute Gasteiger partial charge is 0.272 e. The number of carbonyl (C=O) groups excluding carboxylic acids is 2. The van der Waals surface area contributed by atoms with Crippen molar-refractivity contribution < 1.29 is 23.1 Å². The summed E-state index contributed by atoms with van der Waals surface area (Å²) in [6.07, 6.45) is 2.59. The number of ether oxygens (including phenoxy) is 1. The van der Waals surface area contributed by atoms with E-state index in [2.05, 4.69) is 23.3 Å². The number of aromatic nitrogens is 1. The minimum absolute atomic E-state index is 0.0763. The van der Waals surface area contributed by atoms with Crippen molar-refractivity contribution in [2.24, 2.45) is 5.73 Å². The zero-order chi connectivity index (χ0) is 30.6. The minimum Gasteiger partial charge on any atom is -0.375 e. The van der Waals surface area contributed by atoms with E-state index in [0.29, 0.717) is 31.0 Å². The van der Waals surface area contributed by atoms with E-state index in [1.54, 1.807) is 17.9 Å². The molecular formula is C33H42F2N4O3. The van der Waals surface area contributed by atoms with Gasteiger partial charge in [0.05, 0.1) is 19.3 Å². The zero-order valence-electron chi connectivity index (χ0n) is 25.0. The summed E-state index contributed by atoms with van der Waals surface area (Å²) in [4.78, 5) is 32.8. The van der Waals surface area contributed by atoms with Crippen LogP contribution in [-0.4, -0.2) is 53.5 Å². The average molecular weight is 581 g/mol. The van der Waals surface area contributed by atoms with Crippen LogP contribution in [0.1, 0.15) is 76.8 Å². The molecule has 1 unspecified atom stereocenters. The molecule has 3 rings (SSSR count). The van der Waals surface area contributed by atoms with Crippen molar-refractivity contribution in [1.82, 2.24) is 15.2 Å². The molecule has 2 atom stereocenters. The average Bonchev–Trinajstić information content (AvgIpc) is 2.95. The Bertz CT molecular complexity index is 1320. The van der Waals surface area contributed by atoms with Crippen LogP contribution in [0.4, 0.5) is 8.78 Å². The van der Waals surface area contributed by atoms with E-state index in [1.165, 1.54) is 23.8 Å². The van der Waals surface area contributed by atoms with Crippen molar-refractivity contribution in [3.63, 3.8) is 0 Å². The van der Waals surface area contributed by atoms with Crippen LogP contribution in [-0.2, 0) is 24.2 Å². The van der Waals surface area contributed by atoms with Crippen LogP contribution in [0.5, 0.6) is 0 Å². The quantitative estimate of drug-likeness (QED) is 0.252. The van der Waals surface area contributed by atoms with Crippen molar-refractivity contribution in [1.29, 1.82) is 0 Å². The first-order valence-corrected chi connectivity index (χ1v) is 14.6. The first-order chi connectivity index (χ1) is 20.1. The highest BCUT2D eigenvalue weighted by molar-refractivity contribution is 5.98. The molecule has 0 bridgehead atoms. The Morgan fingerprint density at radius 1 is 0.952 bits per heavy atom. The Morgan fingerprint density at radius 2 is 1.62 bits per heavy atom. The number of halogens is 2. The van der Waals surface area contributed by atoms with Gasteiger partial charge in [-0.2, -0.15) is 0 Å². The van der Waals surface area contributed by atoms with E-state index in [1.807, 2.05) is 32.0 Å². The van der Waals surface area contributed by atoms with Crippen LogP contribution in [0.2, 0.25) is 0 Å². The third-order valence-electron chi connectivity index (χ3n) is 6.90. The first-order valence-electron chi connectivity index (χ1n) is 14.6. The van der Waals surface area contributed by atoms with Gasteiger partial charge < -0.3 is 20.7 Å². The molecule has 0 spiro atoms. The highest BCUT2D eigenvalue weighted by Gasteiger charge is 2.24. The Labute approximate surface area is 247 Å². The number of hydrogen-bond acceptors (Lipinski definition) is 5. The molecule has 0 radical (unpaired) electrons. The summed E-state index contributed by atoms with van der Waals surface area (Å²) in [5.41, 5.74) is 10.00. The van der Waals surface area contributed by atoms with Gasteiger partial charge in [-0.3, -0.25) is 9.59 Å². The molecule has 0 aliphatic heterocycles. The largest absolute Gasteiger partial charge is 0.375 e. The van der Waals surface area contributed by atoms with Crippen LogP contribution < -0.4 is 11.1 Å². The molecule has 226 valence electrons.